The number of carbonyl (C=O) groups excluding carboxylic acids is 1. The lowest BCUT2D eigenvalue weighted by molar-refractivity contribution is 0.0785. The summed E-state index contributed by atoms with van der Waals surface area (Å²) >= 11 is 5.78. The molecule has 1 aliphatic heterocycles. The molecule has 0 spiro atoms. The molecule has 2 rings (SSSR count). The number of nitrogens with zero attached hydrogens (tertiary/aromatic N) is 1. The zero-order valence-corrected chi connectivity index (χ0v) is 11.1. The molecular weight excluding hydrogens is 234 g/mol. The Balaban J connectivity index is 2.14. The average Bonchev–Trinajstić information content (AvgIpc) is 2.69. The van der Waals surface area contributed by atoms with Gasteiger partial charge in [-0.05, 0) is 29.5 Å². The molecule has 1 fully saturated rings. The van der Waals surface area contributed by atoms with E-state index < -0.39 is 0 Å². The van der Waals surface area contributed by atoms with E-state index in [0.29, 0.717) is 17.7 Å². The van der Waals surface area contributed by atoms with E-state index in [1.165, 1.54) is 0 Å². The molecule has 92 valence electrons. The van der Waals surface area contributed by atoms with E-state index in [9.17, 15) is 4.79 Å². The molecule has 2 atom stereocenters. The number of rotatable bonds is 2. The third-order valence-electron chi connectivity index (χ3n) is 3.60. The lowest BCUT2D eigenvalue weighted by atomic mass is 10.0. The molecule has 2 nitrogen and oxygen atoms in total. The summed E-state index contributed by atoms with van der Waals surface area (Å²) in [6.45, 7) is 6.14. The molecule has 1 aromatic rings. The van der Waals surface area contributed by atoms with E-state index >= 15 is 0 Å². The van der Waals surface area contributed by atoms with Gasteiger partial charge >= 0.3 is 0 Å². The van der Waals surface area contributed by atoms with E-state index in [0.717, 1.165) is 24.2 Å². The Hall–Kier alpha value is -1.02. The normalized spacial score (nSPS) is 24.1. The molecule has 0 aliphatic carbocycles. The number of carbonyl (C=O) groups is 1. The zero-order chi connectivity index (χ0) is 12.4. The van der Waals surface area contributed by atoms with Gasteiger partial charge in [-0.1, -0.05) is 26.0 Å². The van der Waals surface area contributed by atoms with Gasteiger partial charge in [-0.3, -0.25) is 4.79 Å². The number of halogens is 1. The summed E-state index contributed by atoms with van der Waals surface area (Å²) in [4.78, 5) is 14.2. The van der Waals surface area contributed by atoms with Crippen molar-refractivity contribution in [1.82, 2.24) is 4.90 Å². The third-order valence-corrected chi connectivity index (χ3v) is 3.91. The first-order valence-electron chi connectivity index (χ1n) is 6.06. The van der Waals surface area contributed by atoms with Crippen LogP contribution in [-0.4, -0.2) is 23.9 Å². The fourth-order valence-electron chi connectivity index (χ4n) is 2.27. The minimum Gasteiger partial charge on any atom is -0.338 e. The number of likely N-dealkylation sites (tertiary alicyclic amines) is 1. The number of benzene rings is 1. The highest BCUT2D eigenvalue weighted by molar-refractivity contribution is 6.17. The monoisotopic (exact) mass is 251 g/mol. The fourth-order valence-corrected chi connectivity index (χ4v) is 2.43. The molecule has 17 heavy (non-hydrogen) atoms. The predicted octanol–water partition coefficient (Wildman–Crippen LogP) is 3.15. The van der Waals surface area contributed by atoms with Crippen molar-refractivity contribution in [3.63, 3.8) is 0 Å². The van der Waals surface area contributed by atoms with Crippen LogP contribution in [0.2, 0.25) is 0 Å². The summed E-state index contributed by atoms with van der Waals surface area (Å²) in [5.74, 6) is 1.77. The maximum absolute atomic E-state index is 12.3. The molecule has 0 radical (unpaired) electrons. The maximum Gasteiger partial charge on any atom is 0.253 e. The number of alkyl halides is 1. The van der Waals surface area contributed by atoms with Crippen molar-refractivity contribution in [2.24, 2.45) is 11.8 Å². The molecule has 3 heteroatoms. The summed E-state index contributed by atoms with van der Waals surface area (Å²) in [7, 11) is 0. The summed E-state index contributed by atoms with van der Waals surface area (Å²) in [6.07, 6.45) is 0. The Bertz CT molecular complexity index is 408. The quantitative estimate of drug-likeness (QED) is 0.740. The average molecular weight is 252 g/mol. The SMILES string of the molecule is CC1CN(C(=O)c2cccc(CCl)c2)CC1C. The first-order chi connectivity index (χ1) is 8.11. The largest absolute Gasteiger partial charge is 0.338 e. The van der Waals surface area contributed by atoms with Gasteiger partial charge in [0.1, 0.15) is 0 Å². The first kappa shape index (κ1) is 12.4. The van der Waals surface area contributed by atoms with Gasteiger partial charge in [-0.25, -0.2) is 0 Å². The molecule has 1 amide bonds. The fraction of sp³-hybridized carbons (Fsp3) is 0.500. The Morgan fingerprint density at radius 3 is 2.59 bits per heavy atom. The van der Waals surface area contributed by atoms with Crippen LogP contribution < -0.4 is 0 Å². The second-order valence-corrected chi connectivity index (χ2v) is 5.27. The smallest absolute Gasteiger partial charge is 0.253 e. The van der Waals surface area contributed by atoms with Crippen LogP contribution in [0.3, 0.4) is 0 Å². The van der Waals surface area contributed by atoms with Gasteiger partial charge in [-0.2, -0.15) is 0 Å². The van der Waals surface area contributed by atoms with Crippen LogP contribution >= 0.6 is 11.6 Å². The van der Waals surface area contributed by atoms with Crippen LogP contribution in [0.25, 0.3) is 0 Å². The Kier molecular flexibility index (Phi) is 3.72. The summed E-state index contributed by atoms with van der Waals surface area (Å²) < 4.78 is 0. The topological polar surface area (TPSA) is 20.3 Å². The van der Waals surface area contributed by atoms with Gasteiger partial charge in [0.15, 0.2) is 0 Å². The lowest BCUT2D eigenvalue weighted by Gasteiger charge is -2.16. The molecule has 1 saturated heterocycles. The summed E-state index contributed by atoms with van der Waals surface area (Å²) in [6, 6.07) is 7.60. The van der Waals surface area contributed by atoms with Crippen molar-refractivity contribution in [2.75, 3.05) is 13.1 Å². The van der Waals surface area contributed by atoms with E-state index in [4.69, 9.17) is 11.6 Å². The Labute approximate surface area is 108 Å². The van der Waals surface area contributed by atoms with Gasteiger partial charge in [0.25, 0.3) is 5.91 Å². The van der Waals surface area contributed by atoms with Gasteiger partial charge in [-0.15, -0.1) is 11.6 Å². The van der Waals surface area contributed by atoms with Gasteiger partial charge < -0.3 is 4.90 Å². The summed E-state index contributed by atoms with van der Waals surface area (Å²) in [5.41, 5.74) is 1.75. The minimum atomic E-state index is 0.133. The predicted molar refractivity (Wildman–Crippen MR) is 70.2 cm³/mol. The molecule has 2 unspecified atom stereocenters. The third kappa shape index (κ3) is 2.63. The van der Waals surface area contributed by atoms with E-state index in [-0.39, 0.29) is 5.91 Å². The van der Waals surface area contributed by atoms with Crippen molar-refractivity contribution < 1.29 is 4.79 Å². The lowest BCUT2D eigenvalue weighted by Crippen LogP contribution is -2.28. The van der Waals surface area contributed by atoms with E-state index in [1.807, 2.05) is 29.2 Å². The van der Waals surface area contributed by atoms with Gasteiger partial charge in [0.2, 0.25) is 0 Å². The number of hydrogen-bond donors (Lipinski definition) is 0. The molecule has 0 aromatic heterocycles. The molecule has 0 bridgehead atoms. The molecule has 1 aliphatic rings. The minimum absolute atomic E-state index is 0.133. The highest BCUT2D eigenvalue weighted by Crippen LogP contribution is 2.24. The first-order valence-corrected chi connectivity index (χ1v) is 6.59. The van der Waals surface area contributed by atoms with Crippen molar-refractivity contribution in [3.05, 3.63) is 35.4 Å². The van der Waals surface area contributed by atoms with Crippen LogP contribution in [0.15, 0.2) is 24.3 Å². The highest BCUT2D eigenvalue weighted by Gasteiger charge is 2.29. The Morgan fingerprint density at radius 2 is 2.00 bits per heavy atom. The maximum atomic E-state index is 12.3. The van der Waals surface area contributed by atoms with Gasteiger partial charge in [0.05, 0.1) is 0 Å². The standard InChI is InChI=1S/C14H18ClNO/c1-10-8-16(9-11(10)2)14(17)13-5-3-4-12(6-13)7-15/h3-6,10-11H,7-9H2,1-2H3. The Morgan fingerprint density at radius 1 is 1.35 bits per heavy atom. The zero-order valence-electron chi connectivity index (χ0n) is 10.3. The van der Waals surface area contributed by atoms with E-state index in [1.54, 1.807) is 0 Å². The van der Waals surface area contributed by atoms with Gasteiger partial charge in [0, 0.05) is 24.5 Å². The molecular formula is C14H18ClNO. The number of hydrogen-bond acceptors (Lipinski definition) is 1. The second-order valence-electron chi connectivity index (χ2n) is 5.00. The van der Waals surface area contributed by atoms with Crippen LogP contribution in [0, 0.1) is 11.8 Å². The molecule has 0 saturated carbocycles. The van der Waals surface area contributed by atoms with Crippen molar-refractivity contribution >= 4 is 17.5 Å². The van der Waals surface area contributed by atoms with Crippen LogP contribution in [-0.2, 0) is 5.88 Å². The second kappa shape index (κ2) is 5.09. The summed E-state index contributed by atoms with van der Waals surface area (Å²) in [5, 5.41) is 0. The van der Waals surface area contributed by atoms with Crippen LogP contribution in [0.1, 0.15) is 29.8 Å². The van der Waals surface area contributed by atoms with Crippen LogP contribution in [0.4, 0.5) is 0 Å². The van der Waals surface area contributed by atoms with Crippen molar-refractivity contribution in [1.29, 1.82) is 0 Å². The molecule has 1 aromatic carbocycles. The van der Waals surface area contributed by atoms with E-state index in [2.05, 4.69) is 13.8 Å². The molecule has 0 N–H and O–H groups in total. The highest BCUT2D eigenvalue weighted by atomic mass is 35.5. The molecule has 1 heterocycles. The number of amides is 1. The van der Waals surface area contributed by atoms with Crippen molar-refractivity contribution in [3.8, 4) is 0 Å². The van der Waals surface area contributed by atoms with Crippen molar-refractivity contribution in [2.45, 2.75) is 19.7 Å². The van der Waals surface area contributed by atoms with Crippen LogP contribution in [0.5, 0.6) is 0 Å².